The SMILES string of the molecule is Cc1ccc(C(=O)OCC(=O)c2cc(C)n(-c3ccccc3)c2C)cc1S(N)(=O)=O. The first-order valence-electron chi connectivity index (χ1n) is 9.17. The molecule has 0 radical (unpaired) electrons. The largest absolute Gasteiger partial charge is 0.454 e. The molecule has 0 aliphatic rings. The number of nitrogens with two attached hydrogens (primary N) is 1. The number of rotatable bonds is 6. The quantitative estimate of drug-likeness (QED) is 0.481. The number of para-hydroxylation sites is 1. The number of aryl methyl sites for hydroxylation is 2. The van der Waals surface area contributed by atoms with E-state index in [2.05, 4.69) is 0 Å². The normalized spacial score (nSPS) is 11.3. The van der Waals surface area contributed by atoms with Gasteiger partial charge in [-0.2, -0.15) is 0 Å². The lowest BCUT2D eigenvalue weighted by Gasteiger charge is -2.10. The van der Waals surface area contributed by atoms with Gasteiger partial charge in [0.15, 0.2) is 6.61 Å². The Morgan fingerprint density at radius 3 is 2.30 bits per heavy atom. The molecule has 0 bridgehead atoms. The maximum Gasteiger partial charge on any atom is 0.338 e. The van der Waals surface area contributed by atoms with E-state index in [-0.39, 0.29) is 16.2 Å². The number of Topliss-reactive ketones (excluding diaryl/α,β-unsaturated/α-hetero) is 1. The van der Waals surface area contributed by atoms with Crippen molar-refractivity contribution in [3.63, 3.8) is 0 Å². The molecule has 0 amide bonds. The Hall–Kier alpha value is -3.23. The van der Waals surface area contributed by atoms with Gasteiger partial charge in [-0.25, -0.2) is 18.4 Å². The molecule has 1 aromatic heterocycles. The van der Waals surface area contributed by atoms with Crippen LogP contribution in [0.25, 0.3) is 5.69 Å². The minimum Gasteiger partial charge on any atom is -0.454 e. The number of hydrogen-bond donors (Lipinski definition) is 1. The number of primary sulfonamides is 1. The highest BCUT2D eigenvalue weighted by atomic mass is 32.2. The topological polar surface area (TPSA) is 108 Å². The van der Waals surface area contributed by atoms with Crippen molar-refractivity contribution in [2.75, 3.05) is 6.61 Å². The molecule has 8 heteroatoms. The van der Waals surface area contributed by atoms with Crippen LogP contribution in [-0.2, 0) is 14.8 Å². The average Bonchev–Trinajstić information content (AvgIpc) is 3.00. The van der Waals surface area contributed by atoms with Crippen LogP contribution in [0.3, 0.4) is 0 Å². The maximum absolute atomic E-state index is 12.7. The van der Waals surface area contributed by atoms with E-state index in [1.54, 1.807) is 13.0 Å². The summed E-state index contributed by atoms with van der Waals surface area (Å²) in [5.41, 5.74) is 3.43. The van der Waals surface area contributed by atoms with Crippen LogP contribution in [0.1, 0.15) is 37.7 Å². The van der Waals surface area contributed by atoms with E-state index in [1.165, 1.54) is 12.1 Å². The highest BCUT2D eigenvalue weighted by molar-refractivity contribution is 7.89. The molecule has 0 fully saturated rings. The van der Waals surface area contributed by atoms with Crippen molar-refractivity contribution in [2.24, 2.45) is 5.14 Å². The van der Waals surface area contributed by atoms with Crippen LogP contribution in [0.5, 0.6) is 0 Å². The van der Waals surface area contributed by atoms with Crippen molar-refractivity contribution in [1.29, 1.82) is 0 Å². The first-order chi connectivity index (χ1) is 14.1. The number of nitrogens with zero attached hydrogens (tertiary/aromatic N) is 1. The van der Waals surface area contributed by atoms with Crippen molar-refractivity contribution in [1.82, 2.24) is 4.57 Å². The van der Waals surface area contributed by atoms with E-state index >= 15 is 0 Å². The molecule has 2 N–H and O–H groups in total. The van der Waals surface area contributed by atoms with E-state index in [1.807, 2.05) is 48.7 Å². The lowest BCUT2D eigenvalue weighted by molar-refractivity contribution is 0.0474. The fourth-order valence-electron chi connectivity index (χ4n) is 3.35. The van der Waals surface area contributed by atoms with Gasteiger partial charge in [-0.1, -0.05) is 24.3 Å². The highest BCUT2D eigenvalue weighted by Crippen LogP contribution is 2.21. The molecule has 2 aromatic carbocycles. The maximum atomic E-state index is 12.7. The summed E-state index contributed by atoms with van der Waals surface area (Å²) in [6, 6.07) is 15.4. The van der Waals surface area contributed by atoms with Gasteiger partial charge in [-0.15, -0.1) is 0 Å². The molecule has 156 valence electrons. The molecular formula is C22H22N2O5S. The summed E-state index contributed by atoms with van der Waals surface area (Å²) < 4.78 is 30.4. The van der Waals surface area contributed by atoms with Crippen molar-refractivity contribution >= 4 is 21.8 Å². The zero-order chi connectivity index (χ0) is 22.1. The fraction of sp³-hybridized carbons (Fsp3) is 0.182. The number of carbonyl (C=O) groups is 2. The summed E-state index contributed by atoms with van der Waals surface area (Å²) in [6.07, 6.45) is 0. The Morgan fingerprint density at radius 1 is 1.00 bits per heavy atom. The average molecular weight is 426 g/mol. The molecule has 7 nitrogen and oxygen atoms in total. The van der Waals surface area contributed by atoms with Crippen molar-refractivity contribution in [3.8, 4) is 5.69 Å². The first-order valence-corrected chi connectivity index (χ1v) is 10.7. The monoisotopic (exact) mass is 426 g/mol. The van der Waals surface area contributed by atoms with Crippen LogP contribution in [0.2, 0.25) is 0 Å². The lowest BCUT2D eigenvalue weighted by Crippen LogP contribution is -2.17. The predicted octanol–water partition coefficient (Wildman–Crippen LogP) is 3.09. The van der Waals surface area contributed by atoms with Gasteiger partial charge in [0.25, 0.3) is 0 Å². The second-order valence-corrected chi connectivity index (χ2v) is 8.51. The van der Waals surface area contributed by atoms with Crippen LogP contribution in [0.15, 0.2) is 59.5 Å². The number of benzene rings is 2. The van der Waals surface area contributed by atoms with Gasteiger partial charge in [-0.3, -0.25) is 4.79 Å². The van der Waals surface area contributed by atoms with Crippen LogP contribution < -0.4 is 5.14 Å². The van der Waals surface area contributed by atoms with Crippen LogP contribution in [-0.4, -0.2) is 31.3 Å². The minimum atomic E-state index is -3.98. The van der Waals surface area contributed by atoms with Gasteiger partial charge in [0.1, 0.15) is 0 Å². The van der Waals surface area contributed by atoms with Gasteiger partial charge in [0.05, 0.1) is 10.5 Å². The fourth-order valence-corrected chi connectivity index (χ4v) is 4.15. The third-order valence-electron chi connectivity index (χ3n) is 4.81. The Balaban J connectivity index is 1.78. The second-order valence-electron chi connectivity index (χ2n) is 6.98. The number of sulfonamides is 1. The van der Waals surface area contributed by atoms with E-state index < -0.39 is 22.6 Å². The number of ketones is 1. The molecule has 0 saturated carbocycles. The van der Waals surface area contributed by atoms with Gasteiger partial charge < -0.3 is 9.30 Å². The number of hydrogen-bond acceptors (Lipinski definition) is 5. The summed E-state index contributed by atoms with van der Waals surface area (Å²) in [4.78, 5) is 24.8. The third kappa shape index (κ3) is 4.34. The smallest absolute Gasteiger partial charge is 0.338 e. The van der Waals surface area contributed by atoms with Gasteiger partial charge >= 0.3 is 5.97 Å². The van der Waals surface area contributed by atoms with Crippen LogP contribution in [0, 0.1) is 20.8 Å². The molecule has 3 aromatic rings. The Kier molecular flexibility index (Phi) is 5.91. The molecule has 0 aliphatic carbocycles. The lowest BCUT2D eigenvalue weighted by atomic mass is 10.1. The first kappa shape index (κ1) is 21.5. The molecule has 0 atom stereocenters. The van der Waals surface area contributed by atoms with Crippen LogP contribution in [0.4, 0.5) is 0 Å². The molecule has 30 heavy (non-hydrogen) atoms. The number of aromatic nitrogens is 1. The standard InChI is InChI=1S/C22H22N2O5S/c1-14-9-10-17(12-21(14)30(23,27)28)22(26)29-13-20(25)19-11-15(2)24(16(19)3)18-7-5-4-6-8-18/h4-12H,13H2,1-3H3,(H2,23,27,28). The summed E-state index contributed by atoms with van der Waals surface area (Å²) in [5, 5.41) is 5.17. The summed E-state index contributed by atoms with van der Waals surface area (Å²) in [6.45, 7) is 4.83. The Labute approximate surface area is 175 Å². The third-order valence-corrected chi connectivity index (χ3v) is 5.86. The minimum absolute atomic E-state index is 0.00665. The number of esters is 1. The van der Waals surface area contributed by atoms with E-state index in [0.29, 0.717) is 11.1 Å². The molecule has 0 spiro atoms. The summed E-state index contributed by atoms with van der Waals surface area (Å²) >= 11 is 0. The molecule has 3 rings (SSSR count). The summed E-state index contributed by atoms with van der Waals surface area (Å²) in [5.74, 6) is -1.15. The van der Waals surface area contributed by atoms with Gasteiger partial charge in [-0.05, 0) is 56.7 Å². The Bertz CT molecular complexity index is 1230. The number of ether oxygens (including phenoxy) is 1. The van der Waals surface area contributed by atoms with Crippen molar-refractivity contribution < 1.29 is 22.7 Å². The second kappa shape index (κ2) is 8.25. The summed E-state index contributed by atoms with van der Waals surface area (Å²) in [7, 11) is -3.98. The van der Waals surface area contributed by atoms with Crippen LogP contribution >= 0.6 is 0 Å². The van der Waals surface area contributed by atoms with Gasteiger partial charge in [0, 0.05) is 22.6 Å². The Morgan fingerprint density at radius 2 is 1.67 bits per heavy atom. The molecular weight excluding hydrogens is 404 g/mol. The molecule has 0 saturated heterocycles. The van der Waals surface area contributed by atoms with Crippen molar-refractivity contribution in [2.45, 2.75) is 25.7 Å². The molecule has 0 aliphatic heterocycles. The van der Waals surface area contributed by atoms with E-state index in [0.717, 1.165) is 23.1 Å². The van der Waals surface area contributed by atoms with Crippen molar-refractivity contribution in [3.05, 3.63) is 82.7 Å². The zero-order valence-electron chi connectivity index (χ0n) is 16.9. The highest BCUT2D eigenvalue weighted by Gasteiger charge is 2.20. The van der Waals surface area contributed by atoms with E-state index in [9.17, 15) is 18.0 Å². The molecule has 0 unspecified atom stereocenters. The zero-order valence-corrected chi connectivity index (χ0v) is 17.7. The van der Waals surface area contributed by atoms with E-state index in [4.69, 9.17) is 9.88 Å². The predicted molar refractivity (Wildman–Crippen MR) is 112 cm³/mol. The van der Waals surface area contributed by atoms with Gasteiger partial charge in [0.2, 0.25) is 15.8 Å². The molecule has 1 heterocycles. The number of carbonyl (C=O) groups excluding carboxylic acids is 2.